The van der Waals surface area contributed by atoms with Crippen molar-refractivity contribution < 1.29 is 0 Å². The average Bonchev–Trinajstić information content (AvgIpc) is 2.47. The van der Waals surface area contributed by atoms with Gasteiger partial charge >= 0.3 is 0 Å². The number of benzene rings is 1. The van der Waals surface area contributed by atoms with Crippen molar-refractivity contribution in [3.05, 3.63) is 56.7 Å². The number of thioether (sulfide) groups is 1. The highest BCUT2D eigenvalue weighted by Crippen LogP contribution is 2.23. The third-order valence-electron chi connectivity index (χ3n) is 3.43. The van der Waals surface area contributed by atoms with Gasteiger partial charge in [-0.15, -0.1) is 11.8 Å². The van der Waals surface area contributed by atoms with Gasteiger partial charge in [0.25, 0.3) is 5.56 Å². The number of hydrogen-bond acceptors (Lipinski definition) is 3. The first-order chi connectivity index (χ1) is 9.72. The minimum Gasteiger partial charge on any atom is -0.310 e. The van der Waals surface area contributed by atoms with E-state index in [1.165, 1.54) is 0 Å². The lowest BCUT2D eigenvalue weighted by molar-refractivity contribution is 0.651. The standard InChI is InChI=1S/C15H15ClN2OS/c16-10-5-7-11(8-6-10)20-9-14-17-13-4-2-1-3-12(13)15(19)18-14/h5-8H,1-4,9H2,(H,17,18,19). The molecule has 0 fully saturated rings. The summed E-state index contributed by atoms with van der Waals surface area (Å²) in [7, 11) is 0. The van der Waals surface area contributed by atoms with Crippen molar-refractivity contribution in [1.82, 2.24) is 9.97 Å². The molecule has 1 aliphatic rings. The molecule has 0 amide bonds. The van der Waals surface area contributed by atoms with Crippen LogP contribution in [0.2, 0.25) is 5.02 Å². The van der Waals surface area contributed by atoms with E-state index in [1.807, 2.05) is 24.3 Å². The number of rotatable bonds is 3. The van der Waals surface area contributed by atoms with Gasteiger partial charge in [0, 0.05) is 15.5 Å². The molecular formula is C15H15ClN2OS. The molecule has 0 aliphatic heterocycles. The van der Waals surface area contributed by atoms with Gasteiger partial charge < -0.3 is 4.98 Å². The van der Waals surface area contributed by atoms with Crippen LogP contribution >= 0.6 is 23.4 Å². The number of aromatic amines is 1. The Hall–Kier alpha value is -1.26. The Balaban J connectivity index is 1.76. The smallest absolute Gasteiger partial charge is 0.254 e. The summed E-state index contributed by atoms with van der Waals surface area (Å²) < 4.78 is 0. The number of aromatic nitrogens is 2. The van der Waals surface area contributed by atoms with E-state index in [0.29, 0.717) is 5.75 Å². The highest BCUT2D eigenvalue weighted by molar-refractivity contribution is 7.98. The van der Waals surface area contributed by atoms with Gasteiger partial charge in [-0.05, 0) is 49.9 Å². The molecule has 0 unspecified atom stereocenters. The third-order valence-corrected chi connectivity index (χ3v) is 4.70. The highest BCUT2D eigenvalue weighted by Gasteiger charge is 2.15. The second-order valence-corrected chi connectivity index (χ2v) is 6.37. The zero-order valence-corrected chi connectivity index (χ0v) is 12.6. The molecular weight excluding hydrogens is 292 g/mol. The van der Waals surface area contributed by atoms with E-state index in [2.05, 4.69) is 9.97 Å². The largest absolute Gasteiger partial charge is 0.310 e. The Labute approximate surface area is 126 Å². The summed E-state index contributed by atoms with van der Waals surface area (Å²) in [6, 6.07) is 7.69. The van der Waals surface area contributed by atoms with E-state index in [9.17, 15) is 4.79 Å². The zero-order chi connectivity index (χ0) is 13.9. The fourth-order valence-corrected chi connectivity index (χ4v) is 3.30. The monoisotopic (exact) mass is 306 g/mol. The number of nitrogens with one attached hydrogen (secondary N) is 1. The van der Waals surface area contributed by atoms with E-state index in [0.717, 1.165) is 52.7 Å². The second kappa shape index (κ2) is 6.02. The molecule has 20 heavy (non-hydrogen) atoms. The molecule has 1 aromatic carbocycles. The molecule has 1 aromatic heterocycles. The molecule has 0 atom stereocenters. The van der Waals surface area contributed by atoms with Gasteiger partial charge in [0.1, 0.15) is 5.82 Å². The second-order valence-electron chi connectivity index (χ2n) is 4.89. The van der Waals surface area contributed by atoms with Crippen molar-refractivity contribution in [2.24, 2.45) is 0 Å². The van der Waals surface area contributed by atoms with Crippen molar-refractivity contribution in [2.45, 2.75) is 36.3 Å². The maximum atomic E-state index is 12.0. The third kappa shape index (κ3) is 3.07. The fraction of sp³-hybridized carbons (Fsp3) is 0.333. The van der Waals surface area contributed by atoms with Crippen molar-refractivity contribution in [1.29, 1.82) is 0 Å². The van der Waals surface area contributed by atoms with Gasteiger partial charge in [-0.3, -0.25) is 4.79 Å². The van der Waals surface area contributed by atoms with Crippen LogP contribution in [0, 0.1) is 0 Å². The van der Waals surface area contributed by atoms with E-state index in [4.69, 9.17) is 11.6 Å². The fourth-order valence-electron chi connectivity index (χ4n) is 2.41. The number of aryl methyl sites for hydroxylation is 1. The molecule has 2 aromatic rings. The van der Waals surface area contributed by atoms with Crippen molar-refractivity contribution in [3.63, 3.8) is 0 Å². The van der Waals surface area contributed by atoms with Crippen molar-refractivity contribution in [3.8, 4) is 0 Å². The number of nitrogens with zero attached hydrogens (tertiary/aromatic N) is 1. The predicted molar refractivity (Wildman–Crippen MR) is 82.5 cm³/mol. The molecule has 1 N–H and O–H groups in total. The molecule has 3 rings (SSSR count). The Morgan fingerprint density at radius 1 is 1.20 bits per heavy atom. The topological polar surface area (TPSA) is 45.8 Å². The SMILES string of the molecule is O=c1[nH]c(CSc2ccc(Cl)cc2)nc2c1CCCC2. The van der Waals surface area contributed by atoms with Crippen LogP contribution < -0.4 is 5.56 Å². The lowest BCUT2D eigenvalue weighted by Crippen LogP contribution is -2.22. The summed E-state index contributed by atoms with van der Waals surface area (Å²) >= 11 is 7.51. The van der Waals surface area contributed by atoms with Gasteiger partial charge in [0.15, 0.2) is 0 Å². The lowest BCUT2D eigenvalue weighted by Gasteiger charge is -2.14. The van der Waals surface area contributed by atoms with Crippen molar-refractivity contribution in [2.75, 3.05) is 0 Å². The Kier molecular flexibility index (Phi) is 4.13. The average molecular weight is 307 g/mol. The zero-order valence-electron chi connectivity index (χ0n) is 11.0. The first kappa shape index (κ1) is 13.7. The maximum Gasteiger partial charge on any atom is 0.254 e. The lowest BCUT2D eigenvalue weighted by atomic mass is 9.97. The number of H-pyrrole nitrogens is 1. The molecule has 104 valence electrons. The van der Waals surface area contributed by atoms with Crippen LogP contribution in [-0.2, 0) is 18.6 Å². The number of halogens is 1. The van der Waals surface area contributed by atoms with Crippen LogP contribution in [0.25, 0.3) is 0 Å². The van der Waals surface area contributed by atoms with E-state index < -0.39 is 0 Å². The maximum absolute atomic E-state index is 12.0. The normalized spacial score (nSPS) is 14.1. The van der Waals surface area contributed by atoms with Crippen LogP contribution in [0.1, 0.15) is 29.9 Å². The number of hydrogen-bond donors (Lipinski definition) is 1. The summed E-state index contributed by atoms with van der Waals surface area (Å²) in [6.45, 7) is 0. The molecule has 0 saturated heterocycles. The van der Waals surface area contributed by atoms with Gasteiger partial charge in [-0.25, -0.2) is 4.98 Å². The van der Waals surface area contributed by atoms with E-state index >= 15 is 0 Å². The molecule has 0 saturated carbocycles. The summed E-state index contributed by atoms with van der Waals surface area (Å²) in [4.78, 5) is 20.6. The number of fused-ring (bicyclic) bond motifs is 1. The van der Waals surface area contributed by atoms with Gasteiger partial charge in [0.05, 0.1) is 11.4 Å². The molecule has 0 radical (unpaired) electrons. The van der Waals surface area contributed by atoms with Crippen LogP contribution in [0.3, 0.4) is 0 Å². The highest BCUT2D eigenvalue weighted by atomic mass is 35.5. The summed E-state index contributed by atoms with van der Waals surface area (Å²) in [5.74, 6) is 1.43. The minimum atomic E-state index is 0.0430. The van der Waals surface area contributed by atoms with Gasteiger partial charge in [0.2, 0.25) is 0 Å². The van der Waals surface area contributed by atoms with E-state index in [1.54, 1.807) is 11.8 Å². The van der Waals surface area contributed by atoms with Crippen LogP contribution in [0.4, 0.5) is 0 Å². The van der Waals surface area contributed by atoms with Gasteiger partial charge in [-0.2, -0.15) is 0 Å². The Morgan fingerprint density at radius 2 is 1.95 bits per heavy atom. The molecule has 3 nitrogen and oxygen atoms in total. The summed E-state index contributed by atoms with van der Waals surface area (Å²) in [6.07, 6.45) is 4.02. The molecule has 1 aliphatic carbocycles. The first-order valence-corrected chi connectivity index (χ1v) is 8.08. The first-order valence-electron chi connectivity index (χ1n) is 6.72. The van der Waals surface area contributed by atoms with Crippen LogP contribution in [0.15, 0.2) is 34.0 Å². The molecule has 0 spiro atoms. The Bertz CT molecular complexity index is 667. The quantitative estimate of drug-likeness (QED) is 0.881. The van der Waals surface area contributed by atoms with Crippen LogP contribution in [-0.4, -0.2) is 9.97 Å². The summed E-state index contributed by atoms with van der Waals surface area (Å²) in [5.41, 5.74) is 1.92. The predicted octanol–water partition coefficient (Wildman–Crippen LogP) is 3.59. The minimum absolute atomic E-state index is 0.0430. The molecule has 0 bridgehead atoms. The summed E-state index contributed by atoms with van der Waals surface area (Å²) in [5, 5.41) is 0.731. The van der Waals surface area contributed by atoms with E-state index in [-0.39, 0.29) is 5.56 Å². The molecule has 5 heteroatoms. The van der Waals surface area contributed by atoms with Crippen LogP contribution in [0.5, 0.6) is 0 Å². The van der Waals surface area contributed by atoms with Crippen molar-refractivity contribution >= 4 is 23.4 Å². The molecule has 1 heterocycles. The Morgan fingerprint density at radius 3 is 2.75 bits per heavy atom. The van der Waals surface area contributed by atoms with Gasteiger partial charge in [-0.1, -0.05) is 11.6 Å².